The zero-order valence-electron chi connectivity index (χ0n) is 29.7. The first-order valence-corrected chi connectivity index (χ1v) is 21.4. The van der Waals surface area contributed by atoms with Gasteiger partial charge in [-0.15, -0.1) is 0 Å². The Morgan fingerprint density at radius 2 is 0.917 bits per heavy atom. The maximum atomic E-state index is 16.5. The fourth-order valence-electron chi connectivity index (χ4n) is 9.00. The molecule has 4 aromatic rings. The number of methoxy groups -OCH3 is 2. The van der Waals surface area contributed by atoms with E-state index in [4.69, 9.17) is 9.47 Å². The van der Waals surface area contributed by atoms with E-state index in [1.54, 1.807) is 14.2 Å². The van der Waals surface area contributed by atoms with Crippen LogP contribution in [0.1, 0.15) is 86.5 Å². The van der Waals surface area contributed by atoms with E-state index in [0.717, 1.165) is 117 Å². The predicted molar refractivity (Wildman–Crippen MR) is 204 cm³/mol. The van der Waals surface area contributed by atoms with Gasteiger partial charge in [0.15, 0.2) is 7.14 Å². The first kappa shape index (κ1) is 34.8. The fourth-order valence-corrected chi connectivity index (χ4v) is 16.7. The molecule has 0 aliphatic heterocycles. The number of ether oxygens (including phenoxy) is 2. The van der Waals surface area contributed by atoms with Crippen molar-refractivity contribution in [1.82, 2.24) is 0 Å². The number of aryl methyl sites for hydroxylation is 2. The van der Waals surface area contributed by atoms with Crippen LogP contribution in [-0.4, -0.2) is 25.5 Å². The van der Waals surface area contributed by atoms with Crippen molar-refractivity contribution >= 4 is 35.5 Å². The molecule has 0 bridgehead atoms. The highest BCUT2D eigenvalue weighted by Crippen LogP contribution is 2.64. The molecule has 0 heterocycles. The molecule has 0 spiro atoms. The van der Waals surface area contributed by atoms with Crippen LogP contribution in [0.2, 0.25) is 0 Å². The average molecular weight is 683 g/mol. The highest BCUT2D eigenvalue weighted by Gasteiger charge is 2.46. The lowest BCUT2D eigenvalue weighted by atomic mass is 9.92. The van der Waals surface area contributed by atoms with E-state index < -0.39 is 14.3 Å². The maximum absolute atomic E-state index is 16.5. The topological polar surface area (TPSA) is 52.6 Å². The molecule has 0 radical (unpaired) electrons. The molecule has 2 aliphatic carbocycles. The molecule has 0 amide bonds. The summed E-state index contributed by atoms with van der Waals surface area (Å²) in [5.41, 5.74) is 5.96. The largest absolute Gasteiger partial charge is 0.496 e. The highest BCUT2D eigenvalue weighted by atomic mass is 31.2. The van der Waals surface area contributed by atoms with Crippen molar-refractivity contribution in [3.05, 3.63) is 95.1 Å². The van der Waals surface area contributed by atoms with Gasteiger partial charge in [-0.05, 0) is 87.8 Å². The molecule has 0 saturated heterocycles. The number of benzene rings is 4. The van der Waals surface area contributed by atoms with E-state index in [1.807, 2.05) is 67.6 Å². The summed E-state index contributed by atoms with van der Waals surface area (Å²) in [6.45, 7) is 8.33. The Kier molecular flexibility index (Phi) is 10.5. The Morgan fingerprint density at radius 1 is 0.542 bits per heavy atom. The minimum atomic E-state index is -3.44. The van der Waals surface area contributed by atoms with Crippen LogP contribution >= 0.6 is 14.3 Å². The van der Waals surface area contributed by atoms with Crippen LogP contribution in [-0.2, 0) is 9.13 Å². The van der Waals surface area contributed by atoms with Gasteiger partial charge in [0.1, 0.15) is 18.6 Å². The third-order valence-corrected chi connectivity index (χ3v) is 18.6. The molecule has 6 heteroatoms. The lowest BCUT2D eigenvalue weighted by Gasteiger charge is -2.40. The molecule has 2 aliphatic rings. The van der Waals surface area contributed by atoms with E-state index in [-0.39, 0.29) is 11.3 Å². The van der Waals surface area contributed by atoms with Gasteiger partial charge >= 0.3 is 0 Å². The number of rotatable bonds is 9. The smallest absolute Gasteiger partial charge is 0.171 e. The minimum absolute atomic E-state index is 0.159. The van der Waals surface area contributed by atoms with Gasteiger partial charge in [0.25, 0.3) is 0 Å². The maximum Gasteiger partial charge on any atom is 0.171 e. The highest BCUT2D eigenvalue weighted by molar-refractivity contribution is 7.85. The summed E-state index contributed by atoms with van der Waals surface area (Å²) >= 11 is 0. The van der Waals surface area contributed by atoms with Crippen molar-refractivity contribution in [2.75, 3.05) is 14.2 Å². The first-order valence-electron chi connectivity index (χ1n) is 17.9. The van der Waals surface area contributed by atoms with E-state index >= 15 is 9.13 Å². The van der Waals surface area contributed by atoms with Crippen molar-refractivity contribution in [3.63, 3.8) is 0 Å². The molecule has 254 valence electrons. The third kappa shape index (κ3) is 5.92. The molecule has 4 aromatic carbocycles. The Morgan fingerprint density at radius 3 is 1.31 bits per heavy atom. The zero-order chi connectivity index (χ0) is 34.1. The van der Waals surface area contributed by atoms with Gasteiger partial charge in [-0.1, -0.05) is 99.2 Å². The molecule has 0 atom stereocenters. The van der Waals surface area contributed by atoms with Crippen LogP contribution in [0, 0.1) is 27.7 Å². The summed E-state index contributed by atoms with van der Waals surface area (Å²) in [6, 6.07) is 24.1. The second-order valence-electron chi connectivity index (χ2n) is 14.1. The van der Waals surface area contributed by atoms with Gasteiger partial charge in [0, 0.05) is 43.7 Å². The number of hydrogen-bond acceptors (Lipinski definition) is 4. The second kappa shape index (κ2) is 14.4. The Bertz CT molecular complexity index is 1790. The molecule has 4 nitrogen and oxygen atoms in total. The lowest BCUT2D eigenvalue weighted by molar-refractivity contribution is 0.408. The quantitative estimate of drug-likeness (QED) is 0.165. The molecule has 0 N–H and O–H groups in total. The monoisotopic (exact) mass is 682 g/mol. The molecule has 48 heavy (non-hydrogen) atoms. The van der Waals surface area contributed by atoms with Gasteiger partial charge in [0.05, 0.1) is 14.2 Å². The molecule has 0 aromatic heterocycles. The zero-order valence-corrected chi connectivity index (χ0v) is 31.5. The molecule has 2 fully saturated rings. The van der Waals surface area contributed by atoms with Crippen LogP contribution in [0.5, 0.6) is 11.5 Å². The average Bonchev–Trinajstić information content (AvgIpc) is 3.13. The normalized spacial score (nSPS) is 16.5. The number of hydrogen-bond donors (Lipinski definition) is 0. The van der Waals surface area contributed by atoms with Crippen LogP contribution in [0.3, 0.4) is 0 Å². The van der Waals surface area contributed by atoms with Crippen LogP contribution in [0.4, 0.5) is 0 Å². The summed E-state index contributed by atoms with van der Waals surface area (Å²) < 4.78 is 45.0. The van der Waals surface area contributed by atoms with Crippen molar-refractivity contribution < 1.29 is 18.6 Å². The van der Waals surface area contributed by atoms with Crippen molar-refractivity contribution in [2.45, 2.75) is 103 Å². The standard InChI is InChI=1S/C42H52O4P2/c1-29-27-37(47(43,33-19-11-7-12-20-33)34-21-13-8-14-22-34)39(31(3)41(29)45-5)40-32(4)42(46-6)30(2)28-38(40)48(44,35-23-15-9-16-24-35)36-25-17-10-18-26-36/h7-8,11-14,19-22,27-28,35-36H,9-10,15-18,23-26H2,1-6H3. The van der Waals surface area contributed by atoms with Gasteiger partial charge in [-0.3, -0.25) is 0 Å². The van der Waals surface area contributed by atoms with Crippen LogP contribution < -0.4 is 30.7 Å². The molecule has 0 unspecified atom stereocenters. The van der Waals surface area contributed by atoms with E-state index in [2.05, 4.69) is 32.9 Å². The van der Waals surface area contributed by atoms with Crippen molar-refractivity contribution in [1.29, 1.82) is 0 Å². The van der Waals surface area contributed by atoms with E-state index in [9.17, 15) is 0 Å². The second-order valence-corrected chi connectivity index (χ2v) is 20.2. The Labute approximate surface area is 288 Å². The van der Waals surface area contributed by atoms with Gasteiger partial charge < -0.3 is 18.6 Å². The van der Waals surface area contributed by atoms with Gasteiger partial charge in [-0.25, -0.2) is 0 Å². The molecule has 6 rings (SSSR count). The van der Waals surface area contributed by atoms with Crippen LogP contribution in [0.25, 0.3) is 11.1 Å². The minimum Gasteiger partial charge on any atom is -0.496 e. The van der Waals surface area contributed by atoms with Crippen molar-refractivity contribution in [2.24, 2.45) is 0 Å². The lowest BCUT2D eigenvalue weighted by Crippen LogP contribution is -2.33. The SMILES string of the molecule is COc1c(C)cc(P(=O)(c2ccccc2)c2ccccc2)c(-c2c(P(=O)(C3CCCCC3)C3CCCCC3)cc(C)c(OC)c2C)c1C. The fraction of sp³-hybridized carbons (Fsp3) is 0.429. The van der Waals surface area contributed by atoms with Gasteiger partial charge in [0.2, 0.25) is 0 Å². The summed E-state index contributed by atoms with van der Waals surface area (Å²) in [6.07, 6.45) is 11.0. The summed E-state index contributed by atoms with van der Waals surface area (Å²) in [5, 5.41) is 3.30. The Hall–Kier alpha value is -3.06. The van der Waals surface area contributed by atoms with Crippen molar-refractivity contribution in [3.8, 4) is 22.6 Å². The molecule has 2 saturated carbocycles. The van der Waals surface area contributed by atoms with E-state index in [1.165, 1.54) is 12.8 Å². The summed E-state index contributed by atoms with van der Waals surface area (Å²) in [5.74, 6) is 1.57. The summed E-state index contributed by atoms with van der Waals surface area (Å²) in [7, 11) is -2.97. The van der Waals surface area contributed by atoms with Gasteiger partial charge in [-0.2, -0.15) is 0 Å². The molecular formula is C42H52O4P2. The van der Waals surface area contributed by atoms with E-state index in [0.29, 0.717) is 0 Å². The predicted octanol–water partition coefficient (Wildman–Crippen LogP) is 9.90. The first-order chi connectivity index (χ1) is 23.2. The van der Waals surface area contributed by atoms with Crippen LogP contribution in [0.15, 0.2) is 72.8 Å². The molecular weight excluding hydrogens is 630 g/mol. The third-order valence-electron chi connectivity index (χ3n) is 11.2. The Balaban J connectivity index is 1.79. The summed E-state index contributed by atoms with van der Waals surface area (Å²) in [4.78, 5) is 0.